The molecule has 3 rings (SSSR count). The number of anilines is 1. The molecule has 2 N–H and O–H groups in total. The van der Waals surface area contributed by atoms with Crippen LogP contribution >= 0.6 is 0 Å². The van der Waals surface area contributed by atoms with Crippen LogP contribution in [-0.4, -0.2) is 61.6 Å². The number of rotatable bonds is 11. The third kappa shape index (κ3) is 7.79. The summed E-state index contributed by atoms with van der Waals surface area (Å²) in [6, 6.07) is 16.6. The molecule has 1 saturated heterocycles. The van der Waals surface area contributed by atoms with Gasteiger partial charge in [0.1, 0.15) is 11.8 Å². The topological polar surface area (TPSA) is 97.0 Å². The summed E-state index contributed by atoms with van der Waals surface area (Å²) in [6.07, 6.45) is 0.643. The minimum atomic E-state index is -0.865. The van der Waals surface area contributed by atoms with Crippen LogP contribution in [0.4, 0.5) is 5.69 Å². The molecule has 0 bridgehead atoms. The zero-order valence-electron chi connectivity index (χ0n) is 19.8. The summed E-state index contributed by atoms with van der Waals surface area (Å²) in [7, 11) is 0. The number of benzene rings is 2. The number of nitrogens with one attached hydrogen (secondary N) is 2. The molecule has 0 aromatic heterocycles. The van der Waals surface area contributed by atoms with E-state index in [1.54, 1.807) is 0 Å². The first kappa shape index (κ1) is 25.1. The van der Waals surface area contributed by atoms with Gasteiger partial charge >= 0.3 is 5.97 Å². The van der Waals surface area contributed by atoms with Crippen LogP contribution < -0.4 is 15.4 Å². The lowest BCUT2D eigenvalue weighted by Crippen LogP contribution is -2.58. The lowest BCUT2D eigenvalue weighted by Gasteiger charge is -2.34. The quantitative estimate of drug-likeness (QED) is 0.493. The van der Waals surface area contributed by atoms with Gasteiger partial charge in [0, 0.05) is 31.3 Å². The highest BCUT2D eigenvalue weighted by Crippen LogP contribution is 2.18. The Labute approximate surface area is 200 Å². The van der Waals surface area contributed by atoms with Gasteiger partial charge in [-0.2, -0.15) is 0 Å². The molecule has 182 valence electrons. The number of ether oxygens (including phenoxy) is 2. The van der Waals surface area contributed by atoms with E-state index in [0.29, 0.717) is 25.4 Å². The van der Waals surface area contributed by atoms with Crippen LogP contribution in [0.5, 0.6) is 5.75 Å². The van der Waals surface area contributed by atoms with E-state index in [-0.39, 0.29) is 37.3 Å². The fraction of sp³-hybridized carbons (Fsp3) is 0.423. The number of carbonyl (C=O) groups excluding carboxylic acids is 3. The summed E-state index contributed by atoms with van der Waals surface area (Å²) < 4.78 is 11.0. The van der Waals surface area contributed by atoms with Gasteiger partial charge in [-0.25, -0.2) is 0 Å². The average Bonchev–Trinajstić information content (AvgIpc) is 2.83. The van der Waals surface area contributed by atoms with Crippen LogP contribution in [0.25, 0.3) is 0 Å². The maximum Gasteiger partial charge on any atom is 0.308 e. The molecular formula is C26H33N3O5. The SMILES string of the molecule is CC(C)COC(=O)CC1C(=O)NCCN1C(=O)CNc1cccc(OCCc2ccccc2)c1. The van der Waals surface area contributed by atoms with Crippen molar-refractivity contribution in [3.8, 4) is 5.75 Å². The molecule has 0 radical (unpaired) electrons. The molecule has 1 heterocycles. The summed E-state index contributed by atoms with van der Waals surface area (Å²) in [5, 5.41) is 5.82. The highest BCUT2D eigenvalue weighted by atomic mass is 16.5. The van der Waals surface area contributed by atoms with Gasteiger partial charge < -0.3 is 25.0 Å². The van der Waals surface area contributed by atoms with Gasteiger partial charge in [0.15, 0.2) is 0 Å². The molecule has 2 aromatic rings. The van der Waals surface area contributed by atoms with E-state index in [4.69, 9.17) is 9.47 Å². The predicted octanol–water partition coefficient (Wildman–Crippen LogP) is 2.64. The van der Waals surface area contributed by atoms with Crippen LogP contribution in [0.3, 0.4) is 0 Å². The molecule has 0 spiro atoms. The van der Waals surface area contributed by atoms with Crippen molar-refractivity contribution in [1.82, 2.24) is 10.2 Å². The Balaban J connectivity index is 1.51. The summed E-state index contributed by atoms with van der Waals surface area (Å²) in [5.74, 6) is -0.177. The molecule has 34 heavy (non-hydrogen) atoms. The highest BCUT2D eigenvalue weighted by Gasteiger charge is 2.35. The Hall–Kier alpha value is -3.55. The number of piperazine rings is 1. The molecule has 8 heteroatoms. The smallest absolute Gasteiger partial charge is 0.308 e. The van der Waals surface area contributed by atoms with Gasteiger partial charge in [-0.3, -0.25) is 14.4 Å². The standard InChI is InChI=1S/C26H33N3O5/c1-19(2)18-34-25(31)16-23-26(32)27-12-13-29(23)24(30)17-28-21-9-6-10-22(15-21)33-14-11-20-7-4-3-5-8-20/h3-10,15,19,23,28H,11-14,16-18H2,1-2H3,(H,27,32). The molecular weight excluding hydrogens is 434 g/mol. The van der Waals surface area contributed by atoms with Crippen LogP contribution in [0.1, 0.15) is 25.8 Å². The zero-order chi connectivity index (χ0) is 24.3. The third-order valence-electron chi connectivity index (χ3n) is 5.37. The molecule has 2 aromatic carbocycles. The van der Waals surface area contributed by atoms with Crippen LogP contribution in [0.15, 0.2) is 54.6 Å². The van der Waals surface area contributed by atoms with Crippen molar-refractivity contribution in [1.29, 1.82) is 0 Å². The van der Waals surface area contributed by atoms with Crippen molar-refractivity contribution >= 4 is 23.5 Å². The fourth-order valence-electron chi connectivity index (χ4n) is 3.60. The number of nitrogens with zero attached hydrogens (tertiary/aromatic N) is 1. The lowest BCUT2D eigenvalue weighted by molar-refractivity contribution is -0.152. The first-order chi connectivity index (χ1) is 16.4. The van der Waals surface area contributed by atoms with Crippen LogP contribution in [-0.2, 0) is 25.5 Å². The van der Waals surface area contributed by atoms with E-state index in [1.807, 2.05) is 56.3 Å². The molecule has 1 aliphatic rings. The molecule has 2 amide bonds. The lowest BCUT2D eigenvalue weighted by atomic mass is 10.1. The summed E-state index contributed by atoms with van der Waals surface area (Å²) in [4.78, 5) is 38.8. The zero-order valence-corrected chi connectivity index (χ0v) is 19.8. The van der Waals surface area contributed by atoms with Gasteiger partial charge in [-0.15, -0.1) is 0 Å². The van der Waals surface area contributed by atoms with Crippen molar-refractivity contribution < 1.29 is 23.9 Å². The van der Waals surface area contributed by atoms with Gasteiger partial charge in [0.05, 0.1) is 26.2 Å². The molecule has 8 nitrogen and oxygen atoms in total. The average molecular weight is 468 g/mol. The minimum absolute atomic E-state index is 0.00170. The largest absolute Gasteiger partial charge is 0.493 e. The summed E-state index contributed by atoms with van der Waals surface area (Å²) >= 11 is 0. The third-order valence-corrected chi connectivity index (χ3v) is 5.37. The fourth-order valence-corrected chi connectivity index (χ4v) is 3.60. The van der Waals surface area contributed by atoms with E-state index in [1.165, 1.54) is 10.5 Å². The number of amides is 2. The Morgan fingerprint density at radius 1 is 1.15 bits per heavy atom. The van der Waals surface area contributed by atoms with Crippen LogP contribution in [0, 0.1) is 5.92 Å². The molecule has 1 aliphatic heterocycles. The second-order valence-electron chi connectivity index (χ2n) is 8.64. The van der Waals surface area contributed by atoms with Gasteiger partial charge in [-0.05, 0) is 23.6 Å². The monoisotopic (exact) mass is 467 g/mol. The number of esters is 1. The Morgan fingerprint density at radius 3 is 2.71 bits per heavy atom. The van der Waals surface area contributed by atoms with E-state index < -0.39 is 12.0 Å². The van der Waals surface area contributed by atoms with Gasteiger partial charge in [0.2, 0.25) is 11.8 Å². The maximum atomic E-state index is 12.9. The van der Waals surface area contributed by atoms with Crippen molar-refractivity contribution in [3.05, 3.63) is 60.2 Å². The summed E-state index contributed by atoms with van der Waals surface area (Å²) in [5.41, 5.74) is 1.94. The van der Waals surface area contributed by atoms with Crippen molar-refractivity contribution in [2.75, 3.05) is 38.2 Å². The molecule has 1 unspecified atom stereocenters. The van der Waals surface area contributed by atoms with Crippen molar-refractivity contribution in [3.63, 3.8) is 0 Å². The number of hydrogen-bond donors (Lipinski definition) is 2. The van der Waals surface area contributed by atoms with E-state index in [0.717, 1.165) is 12.1 Å². The van der Waals surface area contributed by atoms with E-state index in [2.05, 4.69) is 22.8 Å². The number of carbonyl (C=O) groups is 3. The first-order valence-electron chi connectivity index (χ1n) is 11.7. The Morgan fingerprint density at radius 2 is 1.94 bits per heavy atom. The van der Waals surface area contributed by atoms with Gasteiger partial charge in [-0.1, -0.05) is 50.2 Å². The number of hydrogen-bond acceptors (Lipinski definition) is 6. The van der Waals surface area contributed by atoms with E-state index in [9.17, 15) is 14.4 Å². The highest BCUT2D eigenvalue weighted by molar-refractivity contribution is 5.93. The predicted molar refractivity (Wildman–Crippen MR) is 129 cm³/mol. The molecule has 0 saturated carbocycles. The maximum absolute atomic E-state index is 12.9. The van der Waals surface area contributed by atoms with Crippen molar-refractivity contribution in [2.45, 2.75) is 32.7 Å². The Bertz CT molecular complexity index is 964. The normalized spacial score (nSPS) is 15.6. The van der Waals surface area contributed by atoms with Crippen molar-refractivity contribution in [2.24, 2.45) is 5.92 Å². The summed E-state index contributed by atoms with van der Waals surface area (Å²) in [6.45, 7) is 5.40. The minimum Gasteiger partial charge on any atom is -0.493 e. The second kappa shape index (κ2) is 12.6. The second-order valence-corrected chi connectivity index (χ2v) is 8.64. The van der Waals surface area contributed by atoms with Crippen LogP contribution in [0.2, 0.25) is 0 Å². The first-order valence-corrected chi connectivity index (χ1v) is 11.7. The van der Waals surface area contributed by atoms with E-state index >= 15 is 0 Å². The Kier molecular flexibility index (Phi) is 9.31. The van der Waals surface area contributed by atoms with Gasteiger partial charge in [0.25, 0.3) is 0 Å². The molecule has 1 fully saturated rings. The molecule has 1 atom stereocenters. The molecule has 0 aliphatic carbocycles.